The summed E-state index contributed by atoms with van der Waals surface area (Å²) in [5.74, 6) is 3.29. The van der Waals surface area contributed by atoms with Gasteiger partial charge in [0.2, 0.25) is 0 Å². The Bertz CT molecular complexity index is 603. The van der Waals surface area contributed by atoms with Crippen LogP contribution >= 0.6 is 65.7 Å². The number of unbranched alkanes of at least 4 members (excludes halogenated alkanes) is 12. The van der Waals surface area contributed by atoms with Gasteiger partial charge in [0.25, 0.3) is 0 Å². The highest BCUT2D eigenvalue weighted by atomic mass is 33.7. The van der Waals surface area contributed by atoms with E-state index in [9.17, 15) is 0 Å². The normalized spacial score (nSPS) is 11.8. The Morgan fingerprint density at radius 3 is 0.804 bits per heavy atom. The molecular weight excluding hydrogens is 677 g/mol. The molecule has 0 amide bonds. The summed E-state index contributed by atoms with van der Waals surface area (Å²) in [6.45, 7) is 23.1. The van der Waals surface area contributed by atoms with E-state index in [-0.39, 0.29) is 0 Å². The molecule has 0 atom stereocenters. The third-order valence-electron chi connectivity index (χ3n) is 8.59. The summed E-state index contributed by atoms with van der Waals surface area (Å²) in [6, 6.07) is 0. The molecule has 0 aliphatic carbocycles. The monoisotopic (exact) mass is 752 g/mol. The Labute approximate surface area is 315 Å². The number of nitrogens with zero attached hydrogens (tertiary/aromatic N) is 2. The van der Waals surface area contributed by atoms with E-state index in [1.165, 1.54) is 128 Å². The Morgan fingerprint density at radius 2 is 0.587 bits per heavy atom. The first-order valence-electron chi connectivity index (χ1n) is 19.3. The van der Waals surface area contributed by atoms with Crippen molar-refractivity contribution in [3.05, 3.63) is 0 Å². The minimum atomic E-state index is 0.822. The standard InChI is InChI=1S/C38H76N2S6/c1-33(2)25-17-9-13-21-29-39(30-22-14-10-18-26-34(3)4)37(41)43-45-46-44-38(42)40(31-23-15-11-19-27-35(5)6)32-24-16-12-20-28-36(7)8/h33-36H,9-32H2,1-8H3. The van der Waals surface area contributed by atoms with E-state index in [0.717, 1.165) is 58.5 Å². The lowest BCUT2D eigenvalue weighted by Gasteiger charge is -2.25. The topological polar surface area (TPSA) is 6.48 Å². The summed E-state index contributed by atoms with van der Waals surface area (Å²) in [7, 11) is 7.18. The van der Waals surface area contributed by atoms with Gasteiger partial charge >= 0.3 is 0 Å². The van der Waals surface area contributed by atoms with E-state index in [1.54, 1.807) is 21.6 Å². The lowest BCUT2D eigenvalue weighted by atomic mass is 10.0. The highest BCUT2D eigenvalue weighted by Gasteiger charge is 2.14. The van der Waals surface area contributed by atoms with E-state index in [4.69, 9.17) is 24.4 Å². The Hall–Kier alpha value is 1.18. The van der Waals surface area contributed by atoms with E-state index in [0.29, 0.717) is 0 Å². The zero-order chi connectivity index (χ0) is 34.4. The molecule has 0 aliphatic heterocycles. The second-order valence-corrected chi connectivity index (χ2v) is 22.1. The van der Waals surface area contributed by atoms with Crippen molar-refractivity contribution in [2.24, 2.45) is 23.7 Å². The minimum Gasteiger partial charge on any atom is -0.357 e. The zero-order valence-electron chi connectivity index (χ0n) is 31.6. The second kappa shape index (κ2) is 33.3. The highest BCUT2D eigenvalue weighted by Crippen LogP contribution is 2.45. The van der Waals surface area contributed by atoms with Gasteiger partial charge in [0.05, 0.1) is 0 Å². The molecule has 0 bridgehead atoms. The lowest BCUT2D eigenvalue weighted by Crippen LogP contribution is -2.29. The van der Waals surface area contributed by atoms with Gasteiger partial charge in [-0.25, -0.2) is 0 Å². The van der Waals surface area contributed by atoms with Crippen molar-refractivity contribution in [3.8, 4) is 0 Å². The van der Waals surface area contributed by atoms with Gasteiger partial charge in [-0.2, -0.15) is 0 Å². The van der Waals surface area contributed by atoms with Crippen LogP contribution in [-0.2, 0) is 0 Å². The minimum absolute atomic E-state index is 0.822. The fourth-order valence-electron chi connectivity index (χ4n) is 5.62. The molecule has 0 rings (SSSR count). The van der Waals surface area contributed by atoms with Crippen molar-refractivity contribution < 1.29 is 0 Å². The molecule has 0 radical (unpaired) electrons. The van der Waals surface area contributed by atoms with Crippen molar-refractivity contribution >= 4 is 74.3 Å². The van der Waals surface area contributed by atoms with Crippen molar-refractivity contribution in [2.45, 2.75) is 184 Å². The Balaban J connectivity index is 4.70. The highest BCUT2D eigenvalue weighted by molar-refractivity contribution is 9.29. The summed E-state index contributed by atoms with van der Waals surface area (Å²) in [5.41, 5.74) is 0. The van der Waals surface area contributed by atoms with E-state index in [1.807, 2.05) is 19.7 Å². The molecule has 0 saturated heterocycles. The van der Waals surface area contributed by atoms with E-state index >= 15 is 0 Å². The summed E-state index contributed by atoms with van der Waals surface area (Å²) < 4.78 is 2.13. The third-order valence-corrected chi connectivity index (χ3v) is 16.0. The summed E-state index contributed by atoms with van der Waals surface area (Å²) in [5, 5.41) is 0. The zero-order valence-corrected chi connectivity index (χ0v) is 36.5. The first-order valence-corrected chi connectivity index (χ1v) is 24.9. The lowest BCUT2D eigenvalue weighted by molar-refractivity contribution is 0.391. The maximum Gasteiger partial charge on any atom is 0.147 e. The van der Waals surface area contributed by atoms with Gasteiger partial charge in [0.15, 0.2) is 0 Å². The average molecular weight is 753 g/mol. The van der Waals surface area contributed by atoms with E-state index in [2.05, 4.69) is 65.2 Å². The van der Waals surface area contributed by atoms with Crippen LogP contribution in [0, 0.1) is 23.7 Å². The first-order chi connectivity index (χ1) is 22.0. The van der Waals surface area contributed by atoms with Gasteiger partial charge in [-0.1, -0.05) is 183 Å². The summed E-state index contributed by atoms with van der Waals surface area (Å²) in [6.07, 6.45) is 26.6. The molecule has 0 aliphatic rings. The van der Waals surface area contributed by atoms with Crippen LogP contribution in [0.25, 0.3) is 0 Å². The van der Waals surface area contributed by atoms with Crippen molar-refractivity contribution in [2.75, 3.05) is 26.2 Å². The molecule has 0 saturated carbocycles. The maximum absolute atomic E-state index is 5.99. The van der Waals surface area contributed by atoms with Gasteiger partial charge in [-0.3, -0.25) is 0 Å². The van der Waals surface area contributed by atoms with Crippen molar-refractivity contribution in [3.63, 3.8) is 0 Å². The summed E-state index contributed by atoms with van der Waals surface area (Å²) >= 11 is 12.0. The molecule has 0 unspecified atom stereocenters. The third kappa shape index (κ3) is 32.4. The molecule has 8 heteroatoms. The number of thiocarbonyl (C=S) groups is 2. The van der Waals surface area contributed by atoms with Crippen LogP contribution in [-0.4, -0.2) is 44.6 Å². The van der Waals surface area contributed by atoms with Crippen LogP contribution in [0.1, 0.15) is 184 Å². The average Bonchev–Trinajstić information content (AvgIpc) is 2.99. The molecule has 46 heavy (non-hydrogen) atoms. The molecule has 0 spiro atoms. The smallest absolute Gasteiger partial charge is 0.147 e. The largest absolute Gasteiger partial charge is 0.357 e. The SMILES string of the molecule is CC(C)CCCCCCN(CCCCCCC(C)C)C(=S)SSSSC(=S)N(CCCCCCC(C)C)CCCCCCC(C)C. The van der Waals surface area contributed by atoms with Crippen LogP contribution in [0.3, 0.4) is 0 Å². The quantitative estimate of drug-likeness (QED) is 0.0387. The van der Waals surface area contributed by atoms with Gasteiger partial charge in [0.1, 0.15) is 8.64 Å². The van der Waals surface area contributed by atoms with Crippen molar-refractivity contribution in [1.82, 2.24) is 9.80 Å². The molecule has 0 fully saturated rings. The van der Waals surface area contributed by atoms with Crippen LogP contribution in [0.4, 0.5) is 0 Å². The molecule has 0 aromatic rings. The van der Waals surface area contributed by atoms with Crippen LogP contribution in [0.2, 0.25) is 0 Å². The molecule has 274 valence electrons. The van der Waals surface area contributed by atoms with Crippen molar-refractivity contribution in [1.29, 1.82) is 0 Å². The van der Waals surface area contributed by atoms with Gasteiger partial charge in [-0.05, 0) is 90.6 Å². The van der Waals surface area contributed by atoms with Gasteiger partial charge in [0, 0.05) is 26.2 Å². The molecule has 0 aromatic heterocycles. The molecule has 0 aromatic carbocycles. The molecule has 2 nitrogen and oxygen atoms in total. The van der Waals surface area contributed by atoms with Crippen LogP contribution < -0.4 is 0 Å². The fourth-order valence-corrected chi connectivity index (χ4v) is 12.4. The molecule has 0 heterocycles. The van der Waals surface area contributed by atoms with E-state index < -0.39 is 0 Å². The van der Waals surface area contributed by atoms with Crippen LogP contribution in [0.15, 0.2) is 0 Å². The number of hydrogen-bond donors (Lipinski definition) is 0. The number of hydrogen-bond acceptors (Lipinski definition) is 6. The first kappa shape index (κ1) is 47.2. The maximum atomic E-state index is 5.99. The van der Waals surface area contributed by atoms with Gasteiger partial charge in [-0.15, -0.1) is 0 Å². The molecule has 0 N–H and O–H groups in total. The molecular formula is C38H76N2S6. The Morgan fingerprint density at radius 1 is 0.370 bits per heavy atom. The van der Waals surface area contributed by atoms with Crippen LogP contribution in [0.5, 0.6) is 0 Å². The predicted molar refractivity (Wildman–Crippen MR) is 230 cm³/mol. The predicted octanol–water partition coefficient (Wildman–Crippen LogP) is 15.3. The second-order valence-electron chi connectivity index (χ2n) is 15.2. The summed E-state index contributed by atoms with van der Waals surface area (Å²) in [4.78, 5) is 5.01. The number of rotatable bonds is 31. The fraction of sp³-hybridized carbons (Fsp3) is 0.947. The Kier molecular flexibility index (Phi) is 34.2. The van der Waals surface area contributed by atoms with Gasteiger partial charge < -0.3 is 9.80 Å².